The number of thioether (sulfide) groups is 1. The third kappa shape index (κ3) is 5.23. The van der Waals surface area contributed by atoms with Gasteiger partial charge in [0.2, 0.25) is 5.91 Å². The van der Waals surface area contributed by atoms with E-state index in [0.717, 1.165) is 53.9 Å². The molecule has 174 valence electrons. The lowest BCUT2D eigenvalue weighted by Gasteiger charge is -2.28. The maximum Gasteiger partial charge on any atom is 0.259 e. The van der Waals surface area contributed by atoms with Crippen LogP contribution < -0.4 is 15.8 Å². The summed E-state index contributed by atoms with van der Waals surface area (Å²) >= 11 is 3.26. The molecule has 1 fully saturated rings. The number of aromatic nitrogens is 3. The van der Waals surface area contributed by atoms with E-state index in [-0.39, 0.29) is 11.5 Å². The predicted molar refractivity (Wildman–Crippen MR) is 132 cm³/mol. The Bertz CT molecular complexity index is 1200. The Hall–Kier alpha value is -2.43. The summed E-state index contributed by atoms with van der Waals surface area (Å²) in [6.07, 6.45) is 5.38. The summed E-state index contributed by atoms with van der Waals surface area (Å²) in [6.45, 7) is 3.59. The van der Waals surface area contributed by atoms with Crippen molar-refractivity contribution in [3.05, 3.63) is 50.5 Å². The van der Waals surface area contributed by atoms with E-state index in [9.17, 15) is 9.59 Å². The number of nitrogens with one attached hydrogen (secondary N) is 2. The first-order chi connectivity index (χ1) is 16.2. The highest BCUT2D eigenvalue weighted by molar-refractivity contribution is 7.98. The number of thiophene rings is 1. The Morgan fingerprint density at radius 1 is 1.30 bits per heavy atom. The SMILES string of the molecule is O=C(CCSCc1nc2sc3c(c2c(=O)[nH]1)CCC3)NCc1ccnc(N2CCOCC2)c1. The minimum atomic E-state index is -0.0263. The molecule has 1 aliphatic carbocycles. The molecule has 1 saturated heterocycles. The van der Waals surface area contributed by atoms with Crippen molar-refractivity contribution in [2.24, 2.45) is 0 Å². The van der Waals surface area contributed by atoms with Gasteiger partial charge in [0.1, 0.15) is 16.5 Å². The highest BCUT2D eigenvalue weighted by atomic mass is 32.2. The third-order valence-corrected chi connectivity index (χ3v) is 8.13. The van der Waals surface area contributed by atoms with Crippen LogP contribution in [0.3, 0.4) is 0 Å². The molecule has 1 aliphatic heterocycles. The largest absolute Gasteiger partial charge is 0.378 e. The molecule has 10 heteroatoms. The lowest BCUT2D eigenvalue weighted by molar-refractivity contribution is -0.120. The number of amides is 1. The lowest BCUT2D eigenvalue weighted by atomic mass is 10.2. The second kappa shape index (κ2) is 10.2. The molecule has 0 aromatic carbocycles. The summed E-state index contributed by atoms with van der Waals surface area (Å²) in [5.74, 6) is 2.89. The average molecular weight is 486 g/mol. The number of hydrogen-bond donors (Lipinski definition) is 2. The number of carbonyl (C=O) groups excluding carboxylic acids is 1. The van der Waals surface area contributed by atoms with E-state index in [1.54, 1.807) is 29.3 Å². The van der Waals surface area contributed by atoms with Gasteiger partial charge in [-0.05, 0) is 42.5 Å². The Kier molecular flexibility index (Phi) is 6.93. The molecule has 0 saturated carbocycles. The van der Waals surface area contributed by atoms with Gasteiger partial charge in [0.05, 0.1) is 24.4 Å². The van der Waals surface area contributed by atoms with Crippen molar-refractivity contribution < 1.29 is 9.53 Å². The number of anilines is 1. The van der Waals surface area contributed by atoms with Crippen molar-refractivity contribution in [1.82, 2.24) is 20.3 Å². The van der Waals surface area contributed by atoms with E-state index in [4.69, 9.17) is 4.74 Å². The summed E-state index contributed by atoms with van der Waals surface area (Å²) in [7, 11) is 0. The molecule has 2 N–H and O–H groups in total. The van der Waals surface area contributed by atoms with Crippen LogP contribution in [-0.2, 0) is 34.7 Å². The van der Waals surface area contributed by atoms with Crippen LogP contribution in [0.4, 0.5) is 5.82 Å². The molecule has 3 aromatic heterocycles. The van der Waals surface area contributed by atoms with Crippen molar-refractivity contribution in [2.45, 2.75) is 38.0 Å². The second-order valence-corrected chi connectivity index (χ2v) is 10.4. The summed E-state index contributed by atoms with van der Waals surface area (Å²) in [4.78, 5) is 41.2. The van der Waals surface area contributed by atoms with E-state index < -0.39 is 0 Å². The monoisotopic (exact) mass is 485 g/mol. The van der Waals surface area contributed by atoms with Gasteiger partial charge in [0, 0.05) is 42.9 Å². The minimum absolute atomic E-state index is 0.0128. The topological polar surface area (TPSA) is 100 Å². The lowest BCUT2D eigenvalue weighted by Crippen LogP contribution is -2.36. The molecule has 0 bridgehead atoms. The second-order valence-electron chi connectivity index (χ2n) is 8.25. The molecule has 5 rings (SSSR count). The highest BCUT2D eigenvalue weighted by Crippen LogP contribution is 2.34. The van der Waals surface area contributed by atoms with E-state index >= 15 is 0 Å². The van der Waals surface area contributed by atoms with Crippen molar-refractivity contribution in [2.75, 3.05) is 37.0 Å². The Balaban J connectivity index is 1.08. The summed E-state index contributed by atoms with van der Waals surface area (Å²) in [5.41, 5.74) is 2.21. The predicted octanol–water partition coefficient (Wildman–Crippen LogP) is 2.64. The molecule has 0 radical (unpaired) electrons. The van der Waals surface area contributed by atoms with Crippen LogP contribution in [0.5, 0.6) is 0 Å². The van der Waals surface area contributed by atoms with Crippen LogP contribution in [0, 0.1) is 0 Å². The molecule has 3 aromatic rings. The van der Waals surface area contributed by atoms with Crippen LogP contribution >= 0.6 is 23.1 Å². The van der Waals surface area contributed by atoms with Crippen LogP contribution in [0.2, 0.25) is 0 Å². The molecule has 4 heterocycles. The molecule has 2 aliphatic rings. The number of carbonyl (C=O) groups is 1. The Morgan fingerprint density at radius 3 is 3.06 bits per heavy atom. The molecular weight excluding hydrogens is 458 g/mol. The molecule has 33 heavy (non-hydrogen) atoms. The van der Waals surface area contributed by atoms with Crippen molar-refractivity contribution in [3.63, 3.8) is 0 Å². The number of aryl methyl sites for hydroxylation is 2. The van der Waals surface area contributed by atoms with Crippen LogP contribution in [-0.4, -0.2) is 52.9 Å². The van der Waals surface area contributed by atoms with E-state index in [1.165, 1.54) is 10.4 Å². The maximum absolute atomic E-state index is 12.5. The van der Waals surface area contributed by atoms with Gasteiger partial charge in [-0.2, -0.15) is 11.8 Å². The number of fused-ring (bicyclic) bond motifs is 3. The van der Waals surface area contributed by atoms with Crippen LogP contribution in [0.15, 0.2) is 23.1 Å². The van der Waals surface area contributed by atoms with E-state index in [1.807, 2.05) is 12.1 Å². The van der Waals surface area contributed by atoms with E-state index in [0.29, 0.717) is 43.5 Å². The first-order valence-corrected chi connectivity index (χ1v) is 13.3. The number of morpholine rings is 1. The third-order valence-electron chi connectivity index (χ3n) is 5.97. The van der Waals surface area contributed by atoms with E-state index in [2.05, 4.69) is 25.2 Å². The highest BCUT2D eigenvalue weighted by Gasteiger charge is 2.21. The molecule has 8 nitrogen and oxygen atoms in total. The summed E-state index contributed by atoms with van der Waals surface area (Å²) < 4.78 is 5.39. The average Bonchev–Trinajstić information content (AvgIpc) is 3.42. The molecular formula is C23H27N5O3S2. The minimum Gasteiger partial charge on any atom is -0.378 e. The van der Waals surface area contributed by atoms with Gasteiger partial charge in [-0.3, -0.25) is 9.59 Å². The Labute approximate surface area is 200 Å². The van der Waals surface area contributed by atoms with Gasteiger partial charge in [-0.1, -0.05) is 0 Å². The molecule has 0 spiro atoms. The van der Waals surface area contributed by atoms with Gasteiger partial charge < -0.3 is 19.9 Å². The van der Waals surface area contributed by atoms with Crippen LogP contribution in [0.25, 0.3) is 10.2 Å². The zero-order chi connectivity index (χ0) is 22.6. The number of H-pyrrole nitrogens is 1. The number of nitrogens with zero attached hydrogens (tertiary/aromatic N) is 3. The van der Waals surface area contributed by atoms with Gasteiger partial charge >= 0.3 is 0 Å². The quantitative estimate of drug-likeness (QED) is 0.473. The number of rotatable bonds is 8. The van der Waals surface area contributed by atoms with Crippen LogP contribution in [0.1, 0.15) is 34.7 Å². The fourth-order valence-electron chi connectivity index (χ4n) is 4.27. The normalized spacial score (nSPS) is 15.7. The molecule has 0 atom stereocenters. The summed E-state index contributed by atoms with van der Waals surface area (Å²) in [6, 6.07) is 3.95. The number of hydrogen-bond acceptors (Lipinski definition) is 8. The zero-order valence-corrected chi connectivity index (χ0v) is 20.0. The number of pyridine rings is 1. The first kappa shape index (κ1) is 22.4. The maximum atomic E-state index is 12.5. The van der Waals surface area contributed by atoms with Crippen molar-refractivity contribution >= 4 is 45.0 Å². The Morgan fingerprint density at radius 2 is 2.18 bits per heavy atom. The zero-order valence-electron chi connectivity index (χ0n) is 18.4. The summed E-state index contributed by atoms with van der Waals surface area (Å²) in [5, 5.41) is 3.77. The van der Waals surface area contributed by atoms with Crippen molar-refractivity contribution in [1.29, 1.82) is 0 Å². The van der Waals surface area contributed by atoms with Gasteiger partial charge in [-0.15, -0.1) is 11.3 Å². The fraction of sp³-hybridized carbons (Fsp3) is 0.478. The molecule has 0 unspecified atom stereocenters. The number of aromatic amines is 1. The van der Waals surface area contributed by atoms with Gasteiger partial charge in [-0.25, -0.2) is 9.97 Å². The number of ether oxygens (including phenoxy) is 1. The van der Waals surface area contributed by atoms with Gasteiger partial charge in [0.25, 0.3) is 5.56 Å². The van der Waals surface area contributed by atoms with Gasteiger partial charge in [0.15, 0.2) is 0 Å². The molecule has 1 amide bonds. The van der Waals surface area contributed by atoms with Crippen molar-refractivity contribution in [3.8, 4) is 0 Å². The first-order valence-electron chi connectivity index (χ1n) is 11.3. The standard InChI is InChI=1S/C23H27N5O3S2/c29-20(25-13-15-4-6-24-19(12-15)28-7-9-31-10-8-28)5-11-32-14-18-26-22(30)21-16-2-1-3-17(16)33-23(21)27-18/h4,6,12H,1-3,5,7-11,13-14H2,(H,25,29)(H,26,27,30). The smallest absolute Gasteiger partial charge is 0.259 e. The fourth-order valence-corrected chi connectivity index (χ4v) is 6.36.